The number of nitrogens with one attached hydrogen (secondary N) is 3. The maximum absolute atomic E-state index is 13.6. The molecule has 1 aromatic heterocycles. The quantitative estimate of drug-likeness (QED) is 0.104. The van der Waals surface area contributed by atoms with Crippen molar-refractivity contribution >= 4 is 69.9 Å². The number of halogens is 3. The number of ether oxygens (including phenoxy) is 2. The lowest BCUT2D eigenvalue weighted by Gasteiger charge is -2.40. The Bertz CT molecular complexity index is 1760. The maximum Gasteiger partial charge on any atom is 0.320 e. The molecule has 52 heavy (non-hydrogen) atoms. The number of aromatic nitrogens is 2. The molecule has 13 nitrogen and oxygen atoms in total. The Balaban J connectivity index is 0.000000484. The Morgan fingerprint density at radius 1 is 1.23 bits per heavy atom. The van der Waals surface area contributed by atoms with Crippen molar-refractivity contribution in [2.75, 3.05) is 36.9 Å². The second-order valence-corrected chi connectivity index (χ2v) is 14.2. The topological polar surface area (TPSA) is 175 Å². The molecule has 3 aromatic rings. The van der Waals surface area contributed by atoms with E-state index in [0.717, 1.165) is 19.3 Å². The van der Waals surface area contributed by atoms with Crippen molar-refractivity contribution in [3.63, 3.8) is 0 Å². The number of aliphatic carboxylic acids is 1. The van der Waals surface area contributed by atoms with Crippen molar-refractivity contribution in [2.24, 2.45) is 0 Å². The van der Waals surface area contributed by atoms with E-state index in [1.807, 2.05) is 18.7 Å². The van der Waals surface area contributed by atoms with Gasteiger partial charge >= 0.3 is 11.9 Å². The van der Waals surface area contributed by atoms with E-state index in [1.165, 1.54) is 24.5 Å². The summed E-state index contributed by atoms with van der Waals surface area (Å²) < 4.78 is 25.0. The van der Waals surface area contributed by atoms with E-state index in [9.17, 15) is 18.8 Å². The molecule has 1 unspecified atom stereocenters. The SMILES string of the molecule is CC1(C)COC(=O)CN1C/C=C/C(=O)Nc1cc2c(Nc3ccc(F)c(Cl)c3)ncnc2cc1OC1CCC1.CCC(NC(C)(C)CO)C(=O)O.Cl. The van der Waals surface area contributed by atoms with Gasteiger partial charge < -0.3 is 30.3 Å². The molecule has 5 rings (SSSR count). The smallest absolute Gasteiger partial charge is 0.320 e. The van der Waals surface area contributed by atoms with E-state index in [1.54, 1.807) is 45.0 Å². The molecular weight excluding hydrogens is 718 g/mol. The van der Waals surface area contributed by atoms with Crippen molar-refractivity contribution in [3.05, 3.63) is 59.7 Å². The molecule has 1 saturated carbocycles. The predicted molar refractivity (Wildman–Crippen MR) is 200 cm³/mol. The number of carbonyl (C=O) groups excluding carboxylic acids is 2. The molecule has 1 atom stereocenters. The normalized spacial score (nSPS) is 16.5. The van der Waals surface area contributed by atoms with Crippen molar-refractivity contribution < 1.29 is 38.5 Å². The number of esters is 1. The summed E-state index contributed by atoms with van der Waals surface area (Å²) in [5.74, 6) is -1.04. The van der Waals surface area contributed by atoms with Gasteiger partial charge in [-0.1, -0.05) is 24.6 Å². The lowest BCUT2D eigenvalue weighted by atomic mass is 9.96. The van der Waals surface area contributed by atoms with Crippen LogP contribution in [-0.2, 0) is 19.1 Å². The van der Waals surface area contributed by atoms with Gasteiger partial charge in [-0.2, -0.15) is 0 Å². The third-order valence-electron chi connectivity index (χ3n) is 8.55. The first-order valence-electron chi connectivity index (χ1n) is 16.8. The number of hydrogen-bond acceptors (Lipinski definition) is 11. The second kappa shape index (κ2) is 18.6. The molecule has 2 aliphatic rings. The van der Waals surface area contributed by atoms with Gasteiger partial charge in [0.1, 0.15) is 36.4 Å². The number of anilines is 3. The number of amides is 1. The number of morpholine rings is 1. The number of carboxylic acids is 1. The minimum absolute atomic E-state index is 0. The molecule has 16 heteroatoms. The number of benzene rings is 2. The van der Waals surface area contributed by atoms with E-state index in [-0.39, 0.29) is 54.1 Å². The van der Waals surface area contributed by atoms with Crippen LogP contribution < -0.4 is 20.7 Å². The summed E-state index contributed by atoms with van der Waals surface area (Å²) >= 11 is 5.94. The highest BCUT2D eigenvalue weighted by Gasteiger charge is 2.34. The summed E-state index contributed by atoms with van der Waals surface area (Å²) in [5.41, 5.74) is 0.784. The minimum Gasteiger partial charge on any atom is -0.488 e. The van der Waals surface area contributed by atoms with E-state index in [0.29, 0.717) is 53.4 Å². The minimum atomic E-state index is -0.876. The number of nitrogens with zero attached hydrogens (tertiary/aromatic N) is 3. The predicted octanol–water partition coefficient (Wildman–Crippen LogP) is 5.86. The number of hydrogen-bond donors (Lipinski definition) is 5. The van der Waals surface area contributed by atoms with Gasteiger partial charge in [0.2, 0.25) is 5.91 Å². The molecule has 1 aliphatic heterocycles. The fraction of sp³-hybridized carbons (Fsp3) is 0.472. The molecule has 5 N–H and O–H groups in total. The summed E-state index contributed by atoms with van der Waals surface area (Å²) in [6.07, 6.45) is 8.16. The first-order chi connectivity index (χ1) is 24.1. The number of aliphatic hydroxyl groups excluding tert-OH is 1. The van der Waals surface area contributed by atoms with Gasteiger partial charge in [0.05, 0.1) is 41.0 Å². The van der Waals surface area contributed by atoms with Crippen molar-refractivity contribution in [1.29, 1.82) is 0 Å². The molecule has 1 amide bonds. The van der Waals surface area contributed by atoms with Crippen LogP contribution in [-0.4, -0.2) is 92.5 Å². The van der Waals surface area contributed by atoms with Crippen LogP contribution in [0.5, 0.6) is 5.75 Å². The molecule has 2 heterocycles. The van der Waals surface area contributed by atoms with E-state index in [4.69, 9.17) is 31.3 Å². The number of aliphatic hydroxyl groups is 1. The molecule has 0 radical (unpaired) electrons. The van der Waals surface area contributed by atoms with Crippen molar-refractivity contribution in [2.45, 2.75) is 83.5 Å². The number of cyclic esters (lactones) is 1. The first kappa shape index (κ1) is 42.3. The van der Waals surface area contributed by atoms with Gasteiger partial charge in [-0.25, -0.2) is 14.4 Å². The number of rotatable bonds is 13. The monoisotopic (exact) mass is 764 g/mol. The largest absolute Gasteiger partial charge is 0.488 e. The van der Waals surface area contributed by atoms with Crippen molar-refractivity contribution in [3.8, 4) is 5.75 Å². The van der Waals surface area contributed by atoms with Gasteiger partial charge in [0.15, 0.2) is 0 Å². The molecule has 0 spiro atoms. The fourth-order valence-corrected chi connectivity index (χ4v) is 5.33. The maximum atomic E-state index is 13.6. The summed E-state index contributed by atoms with van der Waals surface area (Å²) in [4.78, 5) is 45.9. The summed E-state index contributed by atoms with van der Waals surface area (Å²) in [5, 5.41) is 27.1. The van der Waals surface area contributed by atoms with Gasteiger partial charge in [0, 0.05) is 35.3 Å². The van der Waals surface area contributed by atoms with Gasteiger partial charge in [-0.15, -0.1) is 12.4 Å². The summed E-state index contributed by atoms with van der Waals surface area (Å²) in [7, 11) is 0. The molecule has 2 fully saturated rings. The summed E-state index contributed by atoms with van der Waals surface area (Å²) in [6, 6.07) is 7.25. The van der Waals surface area contributed by atoms with Crippen LogP contribution in [0.2, 0.25) is 5.02 Å². The van der Waals surface area contributed by atoms with E-state index in [2.05, 4.69) is 25.9 Å². The van der Waals surface area contributed by atoms with Gasteiger partial charge in [0.25, 0.3) is 0 Å². The Hall–Kier alpha value is -4.08. The Labute approximate surface area is 313 Å². The number of fused-ring (bicyclic) bond motifs is 1. The van der Waals surface area contributed by atoms with Crippen LogP contribution in [0.4, 0.5) is 21.6 Å². The van der Waals surface area contributed by atoms with Crippen LogP contribution in [0.3, 0.4) is 0 Å². The highest BCUT2D eigenvalue weighted by atomic mass is 35.5. The lowest BCUT2D eigenvalue weighted by molar-refractivity contribution is -0.159. The first-order valence-corrected chi connectivity index (χ1v) is 17.2. The van der Waals surface area contributed by atoms with Crippen LogP contribution in [0, 0.1) is 5.82 Å². The molecule has 1 aliphatic carbocycles. The Morgan fingerprint density at radius 3 is 2.58 bits per heavy atom. The lowest BCUT2D eigenvalue weighted by Crippen LogP contribution is -2.54. The standard InChI is InChI=1S/C28H29ClFN5O4.C8H17NO3.ClH/c1-28(2)15-38-26(37)14-35(28)10-4-7-25(36)34-23-12-19-22(13-24(23)39-18-5-3-6-18)31-16-32-27(19)33-17-8-9-21(30)20(29)11-17;1-4-6(7(11)12)9-8(2,3)5-10;/h4,7-9,11-13,16,18H,3,5-6,10,14-15H2,1-2H3,(H,34,36)(H,31,32,33);6,9-10H,4-5H2,1-3H3,(H,11,12);1H/b7-4+;;. The molecule has 0 bridgehead atoms. The average Bonchev–Trinajstić information content (AvgIpc) is 3.05. The van der Waals surface area contributed by atoms with E-state index >= 15 is 0 Å². The van der Waals surface area contributed by atoms with Crippen LogP contribution in [0.15, 0.2) is 48.8 Å². The van der Waals surface area contributed by atoms with Crippen LogP contribution in [0.25, 0.3) is 10.9 Å². The van der Waals surface area contributed by atoms with Gasteiger partial charge in [-0.05, 0) is 77.6 Å². The Morgan fingerprint density at radius 2 is 1.96 bits per heavy atom. The zero-order chi connectivity index (χ0) is 37.3. The van der Waals surface area contributed by atoms with Crippen LogP contribution in [0.1, 0.15) is 60.3 Å². The zero-order valence-corrected chi connectivity index (χ0v) is 31.4. The molecular formula is C36H47Cl2FN6O7. The highest BCUT2D eigenvalue weighted by molar-refractivity contribution is 6.31. The number of carbonyl (C=O) groups is 3. The van der Waals surface area contributed by atoms with Gasteiger partial charge in [-0.3, -0.25) is 24.6 Å². The molecule has 284 valence electrons. The third-order valence-corrected chi connectivity index (χ3v) is 8.84. The highest BCUT2D eigenvalue weighted by Crippen LogP contribution is 2.36. The molecule has 2 aromatic carbocycles. The summed E-state index contributed by atoms with van der Waals surface area (Å²) in [6.45, 7) is 10.1. The molecule has 1 saturated heterocycles. The zero-order valence-electron chi connectivity index (χ0n) is 29.9. The van der Waals surface area contributed by atoms with Crippen molar-refractivity contribution in [1.82, 2.24) is 20.2 Å². The van der Waals surface area contributed by atoms with Crippen LogP contribution >= 0.6 is 24.0 Å². The average molecular weight is 766 g/mol. The van der Waals surface area contributed by atoms with E-state index < -0.39 is 23.4 Å². The number of carboxylic acid groups (broad SMARTS) is 1. The Kier molecular flexibility index (Phi) is 15.1. The fourth-order valence-electron chi connectivity index (χ4n) is 5.15. The second-order valence-electron chi connectivity index (χ2n) is 13.7. The third kappa shape index (κ3) is 11.7.